The zero-order chi connectivity index (χ0) is 32.7. The van der Waals surface area contributed by atoms with Gasteiger partial charge in [0, 0.05) is 27.2 Å². The molecule has 3 saturated heterocycles. The Morgan fingerprint density at radius 2 is 1.25 bits per heavy atom. The summed E-state index contributed by atoms with van der Waals surface area (Å²) in [6.07, 6.45) is -11.1. The van der Waals surface area contributed by atoms with Gasteiger partial charge < -0.3 is 53.2 Å². The quantitative estimate of drug-likeness (QED) is 0.206. The molecule has 0 aromatic carbocycles. The number of hydrogen-bond acceptors (Lipinski definition) is 14. The Bertz CT molecular complexity index is 947. The second kappa shape index (κ2) is 16.6. The maximum Gasteiger partial charge on any atom is 0.303 e. The Labute approximate surface area is 258 Å². The second-order valence-corrected chi connectivity index (χ2v) is 11.7. The maximum absolute atomic E-state index is 12.3. The molecular weight excluding hydrogens is 584 g/mol. The van der Waals surface area contributed by atoms with E-state index in [9.17, 15) is 29.7 Å². The molecule has 254 valence electrons. The fourth-order valence-corrected chi connectivity index (χ4v) is 6.09. The number of esters is 3. The molecule has 3 rings (SSSR count). The van der Waals surface area contributed by atoms with Crippen LogP contribution in [-0.4, -0.2) is 119 Å². The Balaban J connectivity index is 1.99. The van der Waals surface area contributed by atoms with Crippen LogP contribution < -0.4 is 0 Å². The van der Waals surface area contributed by atoms with E-state index in [0.717, 1.165) is 12.8 Å². The highest BCUT2D eigenvalue weighted by Gasteiger charge is 2.54. The van der Waals surface area contributed by atoms with Gasteiger partial charge in [0.2, 0.25) is 0 Å². The van der Waals surface area contributed by atoms with E-state index < -0.39 is 97.6 Å². The molecule has 3 heterocycles. The molecule has 0 spiro atoms. The number of aliphatic hydroxyl groups excluding tert-OH is 3. The summed E-state index contributed by atoms with van der Waals surface area (Å²) in [5.74, 6) is -2.02. The van der Waals surface area contributed by atoms with Gasteiger partial charge in [-0.3, -0.25) is 14.4 Å². The first kappa shape index (κ1) is 36.6. The van der Waals surface area contributed by atoms with Crippen LogP contribution in [0.4, 0.5) is 0 Å². The van der Waals surface area contributed by atoms with Crippen molar-refractivity contribution in [3.8, 4) is 0 Å². The number of carbonyl (C=O) groups excluding carboxylic acids is 3. The van der Waals surface area contributed by atoms with Crippen LogP contribution in [-0.2, 0) is 52.3 Å². The van der Waals surface area contributed by atoms with Gasteiger partial charge in [-0.05, 0) is 26.2 Å². The molecule has 14 atom stereocenters. The van der Waals surface area contributed by atoms with Crippen molar-refractivity contribution in [1.29, 1.82) is 0 Å². The molecule has 3 fully saturated rings. The minimum Gasteiger partial charge on any atom is -0.456 e. The van der Waals surface area contributed by atoms with Crippen molar-refractivity contribution in [3.05, 3.63) is 0 Å². The third-order valence-corrected chi connectivity index (χ3v) is 8.09. The molecule has 0 saturated carbocycles. The highest BCUT2D eigenvalue weighted by molar-refractivity contribution is 5.68. The van der Waals surface area contributed by atoms with Crippen LogP contribution in [0.5, 0.6) is 0 Å². The van der Waals surface area contributed by atoms with E-state index in [4.69, 9.17) is 37.9 Å². The Morgan fingerprint density at radius 1 is 0.659 bits per heavy atom. The molecule has 3 N–H and O–H groups in total. The summed E-state index contributed by atoms with van der Waals surface area (Å²) in [4.78, 5) is 36.6. The normalized spacial score (nSPS) is 41.0. The van der Waals surface area contributed by atoms with Crippen molar-refractivity contribution < 1.29 is 67.6 Å². The van der Waals surface area contributed by atoms with E-state index in [1.807, 2.05) is 20.8 Å². The van der Waals surface area contributed by atoms with Crippen LogP contribution in [0.1, 0.15) is 87.0 Å². The molecule has 3 aliphatic heterocycles. The average Bonchev–Trinajstić information content (AvgIpc) is 2.94. The summed E-state index contributed by atoms with van der Waals surface area (Å²) in [6, 6.07) is 0. The van der Waals surface area contributed by atoms with Gasteiger partial charge >= 0.3 is 17.9 Å². The van der Waals surface area contributed by atoms with E-state index in [1.165, 1.54) is 20.8 Å². The van der Waals surface area contributed by atoms with Gasteiger partial charge in [0.05, 0.1) is 24.4 Å². The van der Waals surface area contributed by atoms with E-state index in [2.05, 4.69) is 0 Å². The third-order valence-electron chi connectivity index (χ3n) is 8.09. The minimum atomic E-state index is -1.54. The van der Waals surface area contributed by atoms with Crippen LogP contribution in [0, 0.1) is 0 Å². The molecule has 0 bridgehead atoms. The molecular formula is C30H50O14. The fraction of sp³-hybridized carbons (Fsp3) is 0.900. The first-order valence-electron chi connectivity index (χ1n) is 15.6. The first-order valence-corrected chi connectivity index (χ1v) is 15.6. The summed E-state index contributed by atoms with van der Waals surface area (Å²) in [7, 11) is 0. The Kier molecular flexibility index (Phi) is 13.8. The standard InChI is InChI=1S/C30H50O14/c1-8-11-18-13-21(43-29-24(36)23(35)22(34)14(4)37-29)25(19(10-3)41-18)44-30-28(40-17(7)33)27(39-16(6)32)26(38-15(5)31)20(42-30)12-9-2/h14,18-30,34-36H,8-13H2,1-7H3/t14?,18-,19?,20?,21?,22-,23?,24?,25-,26+,27?,28?,29+,30+/m1/s1. The van der Waals surface area contributed by atoms with Crippen molar-refractivity contribution in [3.63, 3.8) is 0 Å². The number of carbonyl (C=O) groups is 3. The number of ether oxygens (including phenoxy) is 8. The molecule has 14 heteroatoms. The van der Waals surface area contributed by atoms with Crippen molar-refractivity contribution in [1.82, 2.24) is 0 Å². The molecule has 44 heavy (non-hydrogen) atoms. The molecule has 8 unspecified atom stereocenters. The van der Waals surface area contributed by atoms with E-state index >= 15 is 0 Å². The molecule has 0 aliphatic carbocycles. The molecule has 0 aromatic rings. The summed E-state index contributed by atoms with van der Waals surface area (Å²) in [5.41, 5.74) is 0. The fourth-order valence-electron chi connectivity index (χ4n) is 6.09. The second-order valence-electron chi connectivity index (χ2n) is 11.7. The van der Waals surface area contributed by atoms with E-state index in [1.54, 1.807) is 6.92 Å². The van der Waals surface area contributed by atoms with Crippen molar-refractivity contribution in [2.75, 3.05) is 0 Å². The van der Waals surface area contributed by atoms with E-state index in [-0.39, 0.29) is 6.10 Å². The lowest BCUT2D eigenvalue weighted by Crippen LogP contribution is -2.64. The predicted molar refractivity (Wildman–Crippen MR) is 151 cm³/mol. The van der Waals surface area contributed by atoms with Crippen LogP contribution in [0.3, 0.4) is 0 Å². The van der Waals surface area contributed by atoms with Gasteiger partial charge in [0.1, 0.15) is 30.5 Å². The number of rotatable bonds is 12. The largest absolute Gasteiger partial charge is 0.456 e. The summed E-state index contributed by atoms with van der Waals surface area (Å²) < 4.78 is 48.0. The lowest BCUT2D eigenvalue weighted by atomic mass is 9.92. The van der Waals surface area contributed by atoms with Gasteiger partial charge in [-0.15, -0.1) is 0 Å². The van der Waals surface area contributed by atoms with Crippen molar-refractivity contribution in [2.45, 2.75) is 173 Å². The van der Waals surface area contributed by atoms with Crippen molar-refractivity contribution >= 4 is 17.9 Å². The van der Waals surface area contributed by atoms with Crippen LogP contribution in [0.25, 0.3) is 0 Å². The first-order chi connectivity index (χ1) is 20.8. The Hall–Kier alpha value is -1.91. The smallest absolute Gasteiger partial charge is 0.303 e. The number of hydrogen-bond donors (Lipinski definition) is 3. The molecule has 0 radical (unpaired) electrons. The van der Waals surface area contributed by atoms with Crippen LogP contribution in [0.2, 0.25) is 0 Å². The SMILES string of the molecule is CCCC1O[C@@H](O[C@@H]2C(CC)O[C@H](CCC)CC2O[C@@H]2OC(C)[C@@H](O)C(O)C2O)C(OC(C)=O)C(OC(C)=O)[C@H]1OC(C)=O. The summed E-state index contributed by atoms with van der Waals surface area (Å²) in [5, 5.41) is 31.3. The molecule has 0 amide bonds. The highest BCUT2D eigenvalue weighted by Crippen LogP contribution is 2.37. The third kappa shape index (κ3) is 9.09. The highest BCUT2D eigenvalue weighted by atomic mass is 16.8. The maximum atomic E-state index is 12.3. The average molecular weight is 635 g/mol. The Morgan fingerprint density at radius 3 is 1.82 bits per heavy atom. The number of aliphatic hydroxyl groups is 3. The summed E-state index contributed by atoms with van der Waals surface area (Å²) >= 11 is 0. The van der Waals surface area contributed by atoms with Gasteiger partial charge in [0.25, 0.3) is 0 Å². The summed E-state index contributed by atoms with van der Waals surface area (Å²) in [6.45, 7) is 11.0. The monoisotopic (exact) mass is 634 g/mol. The predicted octanol–water partition coefficient (Wildman–Crippen LogP) is 1.27. The van der Waals surface area contributed by atoms with Crippen molar-refractivity contribution in [2.24, 2.45) is 0 Å². The molecule has 3 aliphatic rings. The lowest BCUT2D eigenvalue weighted by molar-refractivity contribution is -0.356. The molecule has 0 aromatic heterocycles. The lowest BCUT2D eigenvalue weighted by Gasteiger charge is -2.49. The van der Waals surface area contributed by atoms with E-state index in [0.29, 0.717) is 25.7 Å². The minimum absolute atomic E-state index is 0.213. The van der Waals surface area contributed by atoms with Gasteiger partial charge in [-0.2, -0.15) is 0 Å². The van der Waals surface area contributed by atoms with Gasteiger partial charge in [-0.1, -0.05) is 33.6 Å². The topological polar surface area (TPSA) is 186 Å². The van der Waals surface area contributed by atoms with Crippen LogP contribution in [0.15, 0.2) is 0 Å². The van der Waals surface area contributed by atoms with Gasteiger partial charge in [-0.25, -0.2) is 0 Å². The van der Waals surface area contributed by atoms with Gasteiger partial charge in [0.15, 0.2) is 30.9 Å². The molecule has 14 nitrogen and oxygen atoms in total. The van der Waals surface area contributed by atoms with Crippen LogP contribution >= 0.6 is 0 Å². The zero-order valence-corrected chi connectivity index (χ0v) is 26.7. The zero-order valence-electron chi connectivity index (χ0n) is 26.7.